The summed E-state index contributed by atoms with van der Waals surface area (Å²) in [6, 6.07) is 13.6. The van der Waals surface area contributed by atoms with E-state index in [1.165, 1.54) is 16.9 Å². The molecule has 0 fully saturated rings. The third-order valence-corrected chi connectivity index (χ3v) is 5.99. The van der Waals surface area contributed by atoms with E-state index < -0.39 is 29.0 Å². The maximum absolute atomic E-state index is 14.9. The molecule has 36 heavy (non-hydrogen) atoms. The second-order valence-corrected chi connectivity index (χ2v) is 8.49. The molecule has 2 N–H and O–H groups in total. The molecule has 3 heterocycles. The largest absolute Gasteiger partial charge is 0.417 e. The highest BCUT2D eigenvalue weighted by molar-refractivity contribution is 6.07. The number of hydrogen-bond acceptors (Lipinski definition) is 4. The smallest absolute Gasteiger partial charge is 0.320 e. The molecule has 184 valence electrons. The van der Waals surface area contributed by atoms with Crippen LogP contribution in [0.25, 0.3) is 22.5 Å². The molecule has 0 bridgehead atoms. The molecule has 1 aliphatic heterocycles. The van der Waals surface area contributed by atoms with Gasteiger partial charge in [-0.05, 0) is 29.8 Å². The van der Waals surface area contributed by atoms with Crippen molar-refractivity contribution in [2.24, 2.45) is 7.05 Å². The fourth-order valence-electron chi connectivity index (χ4n) is 4.25. The normalized spacial score (nSPS) is 13.4. The number of rotatable bonds is 4. The van der Waals surface area contributed by atoms with E-state index in [0.29, 0.717) is 30.4 Å². The second-order valence-electron chi connectivity index (χ2n) is 8.49. The number of alkyl halides is 3. The molecule has 0 unspecified atom stereocenters. The van der Waals surface area contributed by atoms with Gasteiger partial charge in [0.25, 0.3) is 5.91 Å². The predicted molar refractivity (Wildman–Crippen MR) is 127 cm³/mol. The van der Waals surface area contributed by atoms with Gasteiger partial charge in [0, 0.05) is 49.6 Å². The summed E-state index contributed by atoms with van der Waals surface area (Å²) in [5.74, 6) is -2.17. The molecule has 0 saturated carbocycles. The van der Waals surface area contributed by atoms with Crippen LogP contribution in [-0.2, 0) is 26.2 Å². The van der Waals surface area contributed by atoms with Gasteiger partial charge >= 0.3 is 6.18 Å². The third-order valence-electron chi connectivity index (χ3n) is 5.99. The van der Waals surface area contributed by atoms with Crippen molar-refractivity contribution >= 4 is 11.6 Å². The predicted octanol–water partition coefficient (Wildman–Crippen LogP) is 5.21. The zero-order chi connectivity index (χ0) is 25.4. The van der Waals surface area contributed by atoms with Gasteiger partial charge in [-0.15, -0.1) is 0 Å². The number of aryl methyl sites for hydroxylation is 1. The van der Waals surface area contributed by atoms with Crippen molar-refractivity contribution in [1.82, 2.24) is 20.1 Å². The van der Waals surface area contributed by atoms with Crippen LogP contribution in [0.4, 0.5) is 23.2 Å². The van der Waals surface area contributed by atoms with Crippen LogP contribution in [0.5, 0.6) is 0 Å². The maximum atomic E-state index is 14.9. The number of aromatic nitrogens is 3. The molecule has 0 spiro atoms. The lowest BCUT2D eigenvalue weighted by atomic mass is 9.99. The molecule has 0 atom stereocenters. The Kier molecular flexibility index (Phi) is 6.05. The molecule has 0 radical (unpaired) electrons. The standard InChI is InChI=1S/C26H21F4N5O/c1-35-10-8-22(34-35)17-12-18(20(27)13-19(17)26(28,29)30)25(36)33-23-11-16-14-31-9-7-21(16)32-24(23)15-5-3-2-4-6-15/h2-6,8,10-13,31H,7,9,14H2,1H3,(H,33,36). The Morgan fingerprint density at radius 2 is 1.89 bits per heavy atom. The summed E-state index contributed by atoms with van der Waals surface area (Å²) in [6.45, 7) is 1.33. The zero-order valence-electron chi connectivity index (χ0n) is 19.2. The van der Waals surface area contributed by atoms with Crippen LogP contribution < -0.4 is 10.6 Å². The van der Waals surface area contributed by atoms with Gasteiger partial charge in [-0.2, -0.15) is 18.3 Å². The molecule has 0 saturated heterocycles. The summed E-state index contributed by atoms with van der Waals surface area (Å²) < 4.78 is 57.3. The van der Waals surface area contributed by atoms with Crippen molar-refractivity contribution in [3.8, 4) is 22.5 Å². The Morgan fingerprint density at radius 3 is 2.58 bits per heavy atom. The first-order chi connectivity index (χ1) is 17.2. The first-order valence-corrected chi connectivity index (χ1v) is 11.2. The Hall–Kier alpha value is -4.05. The highest BCUT2D eigenvalue weighted by atomic mass is 19.4. The molecule has 10 heteroatoms. The van der Waals surface area contributed by atoms with E-state index in [-0.39, 0.29) is 11.3 Å². The van der Waals surface area contributed by atoms with Gasteiger partial charge in [0.1, 0.15) is 5.82 Å². The van der Waals surface area contributed by atoms with Gasteiger partial charge in [0.05, 0.1) is 28.2 Å². The van der Waals surface area contributed by atoms with E-state index in [1.807, 2.05) is 30.3 Å². The molecule has 2 aromatic carbocycles. The minimum Gasteiger partial charge on any atom is -0.320 e. The molecule has 0 aliphatic carbocycles. The number of anilines is 1. The van der Waals surface area contributed by atoms with E-state index in [1.54, 1.807) is 13.1 Å². The molecular weight excluding hydrogens is 474 g/mol. The van der Waals surface area contributed by atoms with Gasteiger partial charge in [-0.3, -0.25) is 14.5 Å². The molecule has 4 aromatic rings. The average Bonchev–Trinajstić information content (AvgIpc) is 3.29. The lowest BCUT2D eigenvalue weighted by Crippen LogP contribution is -2.25. The van der Waals surface area contributed by atoms with Gasteiger partial charge in [0.2, 0.25) is 0 Å². The fourth-order valence-corrected chi connectivity index (χ4v) is 4.25. The number of benzene rings is 2. The van der Waals surface area contributed by atoms with Crippen LogP contribution in [0.2, 0.25) is 0 Å². The Labute approximate surface area is 204 Å². The maximum Gasteiger partial charge on any atom is 0.417 e. The number of amides is 1. The van der Waals surface area contributed by atoms with Crippen LogP contribution in [0.1, 0.15) is 27.2 Å². The van der Waals surface area contributed by atoms with Gasteiger partial charge in [0.15, 0.2) is 0 Å². The van der Waals surface area contributed by atoms with Crippen molar-refractivity contribution < 1.29 is 22.4 Å². The van der Waals surface area contributed by atoms with Gasteiger partial charge in [-0.25, -0.2) is 4.39 Å². The third kappa shape index (κ3) is 4.59. The zero-order valence-corrected chi connectivity index (χ0v) is 19.2. The first-order valence-electron chi connectivity index (χ1n) is 11.2. The molecule has 5 rings (SSSR count). The van der Waals surface area contributed by atoms with E-state index in [2.05, 4.69) is 15.7 Å². The molecule has 2 aromatic heterocycles. The van der Waals surface area contributed by atoms with Crippen LogP contribution in [0, 0.1) is 5.82 Å². The number of halogens is 4. The topological polar surface area (TPSA) is 71.8 Å². The van der Waals surface area contributed by atoms with E-state index in [0.717, 1.165) is 29.4 Å². The highest BCUT2D eigenvalue weighted by Gasteiger charge is 2.36. The van der Waals surface area contributed by atoms with Crippen molar-refractivity contribution in [2.45, 2.75) is 19.1 Å². The van der Waals surface area contributed by atoms with Crippen LogP contribution in [-0.4, -0.2) is 27.2 Å². The van der Waals surface area contributed by atoms with Gasteiger partial charge < -0.3 is 10.6 Å². The molecule has 1 amide bonds. The summed E-state index contributed by atoms with van der Waals surface area (Å²) in [6.07, 6.45) is -2.65. The number of nitrogens with one attached hydrogen (secondary N) is 2. The molecule has 1 aliphatic rings. The minimum atomic E-state index is -4.83. The van der Waals surface area contributed by atoms with Gasteiger partial charge in [-0.1, -0.05) is 30.3 Å². The highest BCUT2D eigenvalue weighted by Crippen LogP contribution is 2.38. The van der Waals surface area contributed by atoms with Crippen LogP contribution in [0.15, 0.2) is 60.8 Å². The first kappa shape index (κ1) is 23.7. The summed E-state index contributed by atoms with van der Waals surface area (Å²) in [7, 11) is 1.55. The number of pyridine rings is 1. The SMILES string of the molecule is Cn1ccc(-c2cc(C(=O)Nc3cc4c(nc3-c3ccccc3)CCNC4)c(F)cc2C(F)(F)F)n1. The number of fused-ring (bicyclic) bond motifs is 1. The lowest BCUT2D eigenvalue weighted by Gasteiger charge is -2.20. The summed E-state index contributed by atoms with van der Waals surface area (Å²) in [4.78, 5) is 18.0. The van der Waals surface area contributed by atoms with Crippen molar-refractivity contribution in [1.29, 1.82) is 0 Å². The van der Waals surface area contributed by atoms with Crippen molar-refractivity contribution in [2.75, 3.05) is 11.9 Å². The summed E-state index contributed by atoms with van der Waals surface area (Å²) in [5.41, 5.74) is 1.23. The molecular formula is C26H21F4N5O. The number of hydrogen-bond donors (Lipinski definition) is 2. The van der Waals surface area contributed by atoms with Crippen LogP contribution in [0.3, 0.4) is 0 Å². The Bertz CT molecular complexity index is 1450. The quantitative estimate of drug-likeness (QED) is 0.382. The minimum absolute atomic E-state index is 0.0228. The molecule has 6 nitrogen and oxygen atoms in total. The van der Waals surface area contributed by atoms with E-state index in [9.17, 15) is 22.4 Å². The second kappa shape index (κ2) is 9.19. The number of nitrogens with zero attached hydrogens (tertiary/aromatic N) is 3. The van der Waals surface area contributed by atoms with Crippen molar-refractivity contribution in [3.05, 3.63) is 89.0 Å². The summed E-state index contributed by atoms with van der Waals surface area (Å²) >= 11 is 0. The van der Waals surface area contributed by atoms with E-state index in [4.69, 9.17) is 4.98 Å². The Balaban J connectivity index is 1.59. The van der Waals surface area contributed by atoms with E-state index >= 15 is 0 Å². The Morgan fingerprint density at radius 1 is 1.11 bits per heavy atom. The average molecular weight is 495 g/mol. The monoisotopic (exact) mass is 495 g/mol. The fraction of sp³-hybridized carbons (Fsp3) is 0.192. The summed E-state index contributed by atoms with van der Waals surface area (Å²) in [5, 5.41) is 9.94. The lowest BCUT2D eigenvalue weighted by molar-refractivity contribution is -0.137. The van der Waals surface area contributed by atoms with Crippen LogP contribution >= 0.6 is 0 Å². The number of carbonyl (C=O) groups excluding carboxylic acids is 1. The number of carbonyl (C=O) groups is 1. The van der Waals surface area contributed by atoms with Crippen molar-refractivity contribution in [3.63, 3.8) is 0 Å².